The normalized spacial score (nSPS) is 19.5. The van der Waals surface area contributed by atoms with Crippen molar-refractivity contribution in [1.82, 2.24) is 0 Å². The van der Waals surface area contributed by atoms with Crippen molar-refractivity contribution in [3.8, 4) is 0 Å². The molecular formula is C19H30IN. The van der Waals surface area contributed by atoms with Gasteiger partial charge in [0.2, 0.25) is 0 Å². The number of benzene rings is 1. The third kappa shape index (κ3) is 6.58. The number of anilines is 1. The Kier molecular flexibility index (Phi) is 7.91. The van der Waals surface area contributed by atoms with Crippen molar-refractivity contribution in [2.24, 2.45) is 0 Å². The van der Waals surface area contributed by atoms with Gasteiger partial charge in [-0.25, -0.2) is 0 Å². The molecule has 1 saturated carbocycles. The first kappa shape index (κ1) is 17.1. The summed E-state index contributed by atoms with van der Waals surface area (Å²) in [6.45, 7) is 2.22. The molecule has 2 rings (SSSR count). The number of nitrogens with one attached hydrogen (secondary N) is 1. The molecule has 1 aliphatic rings. The zero-order chi connectivity index (χ0) is 14.9. The van der Waals surface area contributed by atoms with Gasteiger partial charge in [-0.1, -0.05) is 57.8 Å². The van der Waals surface area contributed by atoms with E-state index in [-0.39, 0.29) is 0 Å². The fourth-order valence-corrected chi connectivity index (χ4v) is 3.96. The summed E-state index contributed by atoms with van der Waals surface area (Å²) in [6.07, 6.45) is 15.5. The molecule has 2 heteroatoms. The van der Waals surface area contributed by atoms with Crippen LogP contribution in [-0.4, -0.2) is 6.04 Å². The van der Waals surface area contributed by atoms with Crippen molar-refractivity contribution in [3.05, 3.63) is 27.3 Å². The Morgan fingerprint density at radius 3 is 1.90 bits per heavy atom. The number of hydrogen-bond acceptors (Lipinski definition) is 1. The summed E-state index contributed by atoms with van der Waals surface area (Å²) >= 11 is 2.39. The minimum Gasteiger partial charge on any atom is -0.382 e. The summed E-state index contributed by atoms with van der Waals surface area (Å²) in [6, 6.07) is 7.42. The highest BCUT2D eigenvalue weighted by Crippen LogP contribution is 2.23. The minimum atomic E-state index is 0.670. The molecular weight excluding hydrogens is 369 g/mol. The van der Waals surface area contributed by atoms with Gasteiger partial charge < -0.3 is 5.32 Å². The molecule has 0 spiro atoms. The highest BCUT2D eigenvalue weighted by Gasteiger charge is 2.10. The summed E-state index contributed by atoms with van der Waals surface area (Å²) in [7, 11) is 0. The molecule has 118 valence electrons. The van der Waals surface area contributed by atoms with Crippen LogP contribution in [0.4, 0.5) is 5.69 Å². The van der Waals surface area contributed by atoms with Gasteiger partial charge in [0, 0.05) is 15.3 Å². The van der Waals surface area contributed by atoms with Crippen molar-refractivity contribution in [2.75, 3.05) is 5.32 Å². The van der Waals surface area contributed by atoms with Gasteiger partial charge in [-0.3, -0.25) is 0 Å². The Morgan fingerprint density at radius 2 is 1.38 bits per heavy atom. The quantitative estimate of drug-likeness (QED) is 0.547. The van der Waals surface area contributed by atoms with Crippen LogP contribution >= 0.6 is 22.6 Å². The zero-order valence-electron chi connectivity index (χ0n) is 13.5. The molecule has 0 unspecified atom stereocenters. The Balaban J connectivity index is 1.90. The fourth-order valence-electron chi connectivity index (χ4n) is 3.32. The first-order chi connectivity index (χ1) is 10.3. The van der Waals surface area contributed by atoms with Crippen LogP contribution in [-0.2, 0) is 0 Å². The molecule has 0 bridgehead atoms. The molecule has 1 fully saturated rings. The molecule has 1 aliphatic carbocycles. The van der Waals surface area contributed by atoms with E-state index in [0.717, 1.165) is 0 Å². The van der Waals surface area contributed by atoms with E-state index in [4.69, 9.17) is 0 Å². The van der Waals surface area contributed by atoms with Crippen molar-refractivity contribution in [2.45, 2.75) is 83.6 Å². The Bertz CT molecular complexity index is 404. The number of halogens is 1. The monoisotopic (exact) mass is 399 g/mol. The largest absolute Gasteiger partial charge is 0.382 e. The van der Waals surface area contributed by atoms with Crippen LogP contribution in [0.15, 0.2) is 18.2 Å². The van der Waals surface area contributed by atoms with Gasteiger partial charge >= 0.3 is 0 Å². The predicted molar refractivity (Wildman–Crippen MR) is 102 cm³/mol. The van der Waals surface area contributed by atoms with Crippen LogP contribution in [0.3, 0.4) is 0 Å². The summed E-state index contributed by atoms with van der Waals surface area (Å²) in [5, 5.41) is 3.83. The van der Waals surface area contributed by atoms with E-state index >= 15 is 0 Å². The summed E-state index contributed by atoms with van der Waals surface area (Å²) in [4.78, 5) is 0. The maximum absolute atomic E-state index is 3.83. The van der Waals surface area contributed by atoms with Crippen LogP contribution < -0.4 is 5.32 Å². The standard InChI is InChI=1S/C19H30IN/c1-16-15-17(20)13-14-19(16)21-18-11-9-7-5-3-2-4-6-8-10-12-18/h13-15,18,21H,2-12H2,1H3. The van der Waals surface area contributed by atoms with Crippen LogP contribution in [0.5, 0.6) is 0 Å². The van der Waals surface area contributed by atoms with E-state index < -0.39 is 0 Å². The van der Waals surface area contributed by atoms with E-state index in [1.807, 2.05) is 0 Å². The lowest BCUT2D eigenvalue weighted by molar-refractivity contribution is 0.480. The van der Waals surface area contributed by atoms with Crippen LogP contribution in [0.2, 0.25) is 0 Å². The predicted octanol–water partition coefficient (Wildman–Crippen LogP) is 6.68. The maximum atomic E-state index is 3.83. The van der Waals surface area contributed by atoms with Gasteiger partial charge in [-0.15, -0.1) is 0 Å². The summed E-state index contributed by atoms with van der Waals surface area (Å²) < 4.78 is 1.33. The molecule has 0 atom stereocenters. The minimum absolute atomic E-state index is 0.670. The Labute approximate surface area is 144 Å². The molecule has 0 heterocycles. The van der Waals surface area contributed by atoms with Crippen LogP contribution in [0.1, 0.15) is 76.2 Å². The Hall–Kier alpha value is -0.250. The molecule has 1 aromatic carbocycles. The van der Waals surface area contributed by atoms with Gasteiger partial charge in [-0.05, 0) is 66.1 Å². The smallest absolute Gasteiger partial charge is 0.0372 e. The van der Waals surface area contributed by atoms with Gasteiger partial charge in [0.25, 0.3) is 0 Å². The highest BCUT2D eigenvalue weighted by molar-refractivity contribution is 14.1. The lowest BCUT2D eigenvalue weighted by Gasteiger charge is -2.22. The number of hydrogen-bond donors (Lipinski definition) is 1. The van der Waals surface area contributed by atoms with Gasteiger partial charge in [0.1, 0.15) is 0 Å². The molecule has 1 aromatic rings. The van der Waals surface area contributed by atoms with E-state index in [9.17, 15) is 0 Å². The maximum Gasteiger partial charge on any atom is 0.0372 e. The SMILES string of the molecule is Cc1cc(I)ccc1NC1CCCCCCCCCCC1. The second-order valence-electron chi connectivity index (χ2n) is 6.56. The number of rotatable bonds is 2. The molecule has 0 radical (unpaired) electrons. The third-order valence-corrected chi connectivity index (χ3v) is 5.32. The van der Waals surface area contributed by atoms with Crippen molar-refractivity contribution < 1.29 is 0 Å². The first-order valence-electron chi connectivity index (χ1n) is 8.78. The average Bonchev–Trinajstić information content (AvgIpc) is 2.44. The second kappa shape index (κ2) is 9.70. The summed E-state index contributed by atoms with van der Waals surface area (Å²) in [5.41, 5.74) is 2.72. The van der Waals surface area contributed by atoms with Gasteiger partial charge in [0.05, 0.1) is 0 Å². The van der Waals surface area contributed by atoms with Crippen molar-refractivity contribution in [1.29, 1.82) is 0 Å². The lowest BCUT2D eigenvalue weighted by atomic mass is 9.97. The van der Waals surface area contributed by atoms with Gasteiger partial charge in [-0.2, -0.15) is 0 Å². The topological polar surface area (TPSA) is 12.0 Å². The average molecular weight is 399 g/mol. The van der Waals surface area contributed by atoms with Gasteiger partial charge in [0.15, 0.2) is 0 Å². The molecule has 1 N–H and O–H groups in total. The lowest BCUT2D eigenvalue weighted by Crippen LogP contribution is -2.20. The van der Waals surface area contributed by atoms with Crippen LogP contribution in [0, 0.1) is 10.5 Å². The van der Waals surface area contributed by atoms with Crippen LogP contribution in [0.25, 0.3) is 0 Å². The molecule has 0 saturated heterocycles. The Morgan fingerprint density at radius 1 is 0.857 bits per heavy atom. The van der Waals surface area contributed by atoms with Crippen molar-refractivity contribution in [3.63, 3.8) is 0 Å². The van der Waals surface area contributed by atoms with E-state index in [1.165, 1.54) is 85.5 Å². The third-order valence-electron chi connectivity index (χ3n) is 4.65. The zero-order valence-corrected chi connectivity index (χ0v) is 15.6. The molecule has 21 heavy (non-hydrogen) atoms. The molecule has 1 nitrogen and oxygen atoms in total. The molecule has 0 amide bonds. The highest BCUT2D eigenvalue weighted by atomic mass is 127. The molecule has 0 aliphatic heterocycles. The second-order valence-corrected chi connectivity index (χ2v) is 7.81. The van der Waals surface area contributed by atoms with E-state index in [2.05, 4.69) is 53.0 Å². The molecule has 0 aromatic heterocycles. The number of aryl methyl sites for hydroxylation is 1. The van der Waals surface area contributed by atoms with E-state index in [0.29, 0.717) is 6.04 Å². The first-order valence-corrected chi connectivity index (χ1v) is 9.86. The van der Waals surface area contributed by atoms with E-state index in [1.54, 1.807) is 0 Å². The summed E-state index contributed by atoms with van der Waals surface area (Å²) in [5.74, 6) is 0. The fraction of sp³-hybridized carbons (Fsp3) is 0.684. The van der Waals surface area contributed by atoms with Crippen molar-refractivity contribution >= 4 is 28.3 Å².